The van der Waals surface area contributed by atoms with Gasteiger partial charge < -0.3 is 4.90 Å². The predicted molar refractivity (Wildman–Crippen MR) is 125 cm³/mol. The highest BCUT2D eigenvalue weighted by Crippen LogP contribution is 2.20. The van der Waals surface area contributed by atoms with Gasteiger partial charge in [-0.2, -0.15) is 11.8 Å². The summed E-state index contributed by atoms with van der Waals surface area (Å²) in [5, 5.41) is 8.89. The average Bonchev–Trinajstić information content (AvgIpc) is 3.34. The fraction of sp³-hybridized carbons (Fsp3) is 0.360. The van der Waals surface area contributed by atoms with E-state index in [4.69, 9.17) is 5.21 Å². The Bertz CT molecular complexity index is 1010. The number of hydrogen-bond donors (Lipinski definition) is 2. The molecule has 4 rings (SSSR count). The second kappa shape index (κ2) is 10.7. The van der Waals surface area contributed by atoms with Gasteiger partial charge in [0.1, 0.15) is 6.04 Å². The molecular formula is C25H27N3O3S. The summed E-state index contributed by atoms with van der Waals surface area (Å²) in [5.41, 5.74) is 5.25. The standard InChI is InChI=1S/C25H27N3O3S/c29-24(26-31)23-2-1-13-28(23)25(30)22-11-9-20(10-12-22)4-3-19-5-7-21(8-6-19)18-27-14-16-32-17-15-27/h5-12,23,31H,1-2,13-18H2,(H,26,29)/t23-/m0/s1. The maximum atomic E-state index is 12.8. The fourth-order valence-electron chi connectivity index (χ4n) is 4.07. The van der Waals surface area contributed by atoms with Gasteiger partial charge >= 0.3 is 0 Å². The first-order chi connectivity index (χ1) is 15.6. The largest absolute Gasteiger partial charge is 0.327 e. The summed E-state index contributed by atoms with van der Waals surface area (Å²) >= 11 is 2.02. The van der Waals surface area contributed by atoms with Gasteiger partial charge in [-0.15, -0.1) is 0 Å². The van der Waals surface area contributed by atoms with Crippen LogP contribution in [0.2, 0.25) is 0 Å². The Labute approximate surface area is 192 Å². The van der Waals surface area contributed by atoms with E-state index in [-0.39, 0.29) is 5.91 Å². The van der Waals surface area contributed by atoms with Crippen molar-refractivity contribution in [1.29, 1.82) is 0 Å². The molecule has 2 N–H and O–H groups in total. The van der Waals surface area contributed by atoms with Gasteiger partial charge in [0.2, 0.25) is 0 Å². The molecule has 2 aromatic carbocycles. The lowest BCUT2D eigenvalue weighted by molar-refractivity contribution is -0.133. The molecule has 7 heteroatoms. The lowest BCUT2D eigenvalue weighted by atomic mass is 10.1. The maximum Gasteiger partial charge on any atom is 0.266 e. The Balaban J connectivity index is 1.37. The van der Waals surface area contributed by atoms with Gasteiger partial charge in [0, 0.05) is 54.4 Å². The van der Waals surface area contributed by atoms with Gasteiger partial charge in [0.15, 0.2) is 0 Å². The number of carbonyl (C=O) groups excluding carboxylic acids is 2. The first-order valence-electron chi connectivity index (χ1n) is 10.9. The summed E-state index contributed by atoms with van der Waals surface area (Å²) in [7, 11) is 0. The van der Waals surface area contributed by atoms with Gasteiger partial charge in [-0.1, -0.05) is 24.0 Å². The predicted octanol–water partition coefficient (Wildman–Crippen LogP) is 2.75. The number of benzene rings is 2. The topological polar surface area (TPSA) is 72.9 Å². The summed E-state index contributed by atoms with van der Waals surface area (Å²) in [6.07, 6.45) is 1.29. The zero-order valence-electron chi connectivity index (χ0n) is 17.9. The molecule has 0 saturated carbocycles. The minimum absolute atomic E-state index is 0.210. The van der Waals surface area contributed by atoms with Crippen molar-refractivity contribution in [1.82, 2.24) is 15.3 Å². The highest BCUT2D eigenvalue weighted by molar-refractivity contribution is 7.99. The molecule has 2 heterocycles. The SMILES string of the molecule is O=C(NO)[C@@H]1CCCN1C(=O)c1ccc(C#Cc2ccc(CN3CCSCC3)cc2)cc1. The number of amides is 2. The Hall–Kier alpha value is -2.79. The van der Waals surface area contributed by atoms with Crippen molar-refractivity contribution in [2.45, 2.75) is 25.4 Å². The zero-order valence-corrected chi connectivity index (χ0v) is 18.7. The lowest BCUT2D eigenvalue weighted by Gasteiger charge is -2.26. The summed E-state index contributed by atoms with van der Waals surface area (Å²) in [6, 6.07) is 14.9. The van der Waals surface area contributed by atoms with E-state index >= 15 is 0 Å². The van der Waals surface area contributed by atoms with Gasteiger partial charge in [-0.3, -0.25) is 19.7 Å². The minimum Gasteiger partial charge on any atom is -0.327 e. The monoisotopic (exact) mass is 449 g/mol. The molecule has 0 bridgehead atoms. The van der Waals surface area contributed by atoms with Gasteiger partial charge in [-0.25, -0.2) is 5.48 Å². The molecule has 2 amide bonds. The molecule has 6 nitrogen and oxygen atoms in total. The first-order valence-corrected chi connectivity index (χ1v) is 12.1. The summed E-state index contributed by atoms with van der Waals surface area (Å²) in [5.74, 6) is 8.00. The third-order valence-electron chi connectivity index (χ3n) is 5.87. The lowest BCUT2D eigenvalue weighted by Crippen LogP contribution is -2.45. The smallest absolute Gasteiger partial charge is 0.266 e. The number of nitrogens with one attached hydrogen (secondary N) is 1. The number of hydroxylamine groups is 1. The molecule has 2 saturated heterocycles. The van der Waals surface area contributed by atoms with Gasteiger partial charge in [0.25, 0.3) is 11.8 Å². The minimum atomic E-state index is -0.622. The van der Waals surface area contributed by atoms with Crippen LogP contribution in [0.15, 0.2) is 48.5 Å². The van der Waals surface area contributed by atoms with E-state index in [2.05, 4.69) is 41.0 Å². The van der Waals surface area contributed by atoms with Crippen LogP contribution in [-0.4, -0.2) is 64.0 Å². The highest BCUT2D eigenvalue weighted by atomic mass is 32.2. The fourth-order valence-corrected chi connectivity index (χ4v) is 5.05. The molecule has 1 atom stereocenters. The van der Waals surface area contributed by atoms with Crippen LogP contribution in [0, 0.1) is 11.8 Å². The number of likely N-dealkylation sites (tertiary alicyclic amines) is 1. The zero-order chi connectivity index (χ0) is 22.3. The first kappa shape index (κ1) is 22.4. The van der Waals surface area contributed by atoms with Crippen LogP contribution in [0.3, 0.4) is 0 Å². The number of thioether (sulfide) groups is 1. The normalized spacial score (nSPS) is 18.7. The van der Waals surface area contributed by atoms with Crippen LogP contribution in [0.4, 0.5) is 0 Å². The van der Waals surface area contributed by atoms with Crippen molar-refractivity contribution in [2.75, 3.05) is 31.1 Å². The van der Waals surface area contributed by atoms with Crippen molar-refractivity contribution >= 4 is 23.6 Å². The molecule has 0 aliphatic carbocycles. The average molecular weight is 450 g/mol. The van der Waals surface area contributed by atoms with E-state index in [0.717, 1.165) is 37.2 Å². The summed E-state index contributed by atoms with van der Waals surface area (Å²) < 4.78 is 0. The molecule has 2 fully saturated rings. The molecule has 2 aliphatic heterocycles. The molecule has 2 aromatic rings. The second-order valence-electron chi connectivity index (χ2n) is 8.05. The highest BCUT2D eigenvalue weighted by Gasteiger charge is 2.34. The number of hydrogen-bond acceptors (Lipinski definition) is 5. The van der Waals surface area contributed by atoms with Crippen LogP contribution in [0.5, 0.6) is 0 Å². The van der Waals surface area contributed by atoms with E-state index in [0.29, 0.717) is 18.5 Å². The molecule has 0 spiro atoms. The van der Waals surface area contributed by atoms with Gasteiger partial charge in [0.05, 0.1) is 0 Å². The number of rotatable bonds is 4. The van der Waals surface area contributed by atoms with E-state index in [1.165, 1.54) is 22.0 Å². The van der Waals surface area contributed by atoms with E-state index in [1.807, 2.05) is 23.9 Å². The third-order valence-corrected chi connectivity index (χ3v) is 6.82. The van der Waals surface area contributed by atoms with Crippen LogP contribution in [-0.2, 0) is 11.3 Å². The van der Waals surface area contributed by atoms with Crippen LogP contribution in [0.25, 0.3) is 0 Å². The van der Waals surface area contributed by atoms with E-state index in [1.54, 1.807) is 17.6 Å². The van der Waals surface area contributed by atoms with Gasteiger partial charge in [-0.05, 0) is 54.8 Å². The summed E-state index contributed by atoms with van der Waals surface area (Å²) in [4.78, 5) is 28.5. The van der Waals surface area contributed by atoms with Crippen molar-refractivity contribution in [3.63, 3.8) is 0 Å². The second-order valence-corrected chi connectivity index (χ2v) is 9.27. The molecule has 2 aliphatic rings. The van der Waals surface area contributed by atoms with Crippen molar-refractivity contribution in [3.8, 4) is 11.8 Å². The molecule has 32 heavy (non-hydrogen) atoms. The van der Waals surface area contributed by atoms with E-state index in [9.17, 15) is 9.59 Å². The third kappa shape index (κ3) is 5.52. The van der Waals surface area contributed by atoms with Crippen LogP contribution in [0.1, 0.15) is 39.9 Å². The Morgan fingerprint density at radius 1 is 0.969 bits per heavy atom. The number of nitrogens with zero attached hydrogens (tertiary/aromatic N) is 2. The Morgan fingerprint density at radius 2 is 1.59 bits per heavy atom. The van der Waals surface area contributed by atoms with Crippen LogP contribution < -0.4 is 5.48 Å². The Morgan fingerprint density at radius 3 is 2.22 bits per heavy atom. The van der Waals surface area contributed by atoms with Crippen molar-refractivity contribution in [2.24, 2.45) is 0 Å². The van der Waals surface area contributed by atoms with Crippen molar-refractivity contribution in [3.05, 3.63) is 70.8 Å². The molecule has 0 aromatic heterocycles. The molecular weight excluding hydrogens is 422 g/mol. The molecule has 0 radical (unpaired) electrons. The van der Waals surface area contributed by atoms with E-state index < -0.39 is 11.9 Å². The number of carbonyl (C=O) groups is 2. The maximum absolute atomic E-state index is 12.8. The Kier molecular flexibility index (Phi) is 7.48. The molecule has 0 unspecified atom stereocenters. The van der Waals surface area contributed by atoms with Crippen LogP contribution >= 0.6 is 11.8 Å². The quantitative estimate of drug-likeness (QED) is 0.427. The molecule has 166 valence electrons. The van der Waals surface area contributed by atoms with Crippen molar-refractivity contribution < 1.29 is 14.8 Å². The summed E-state index contributed by atoms with van der Waals surface area (Å²) in [6.45, 7) is 3.79.